The summed E-state index contributed by atoms with van der Waals surface area (Å²) in [6.07, 6.45) is 3.04. The van der Waals surface area contributed by atoms with Gasteiger partial charge in [0.15, 0.2) is 0 Å². The minimum Gasteiger partial charge on any atom is -0.481 e. The van der Waals surface area contributed by atoms with Crippen LogP contribution in [0.1, 0.15) is 35.3 Å². The van der Waals surface area contributed by atoms with E-state index < -0.39 is 17.7 Å². The SMILES string of the molecule is Cc1c(C(=O)N[C@H]2CC[C@H](C(=O)O)C2)cnn1-c1ccccc1F. The first-order valence-electron chi connectivity index (χ1n) is 7.80. The molecule has 24 heavy (non-hydrogen) atoms. The average Bonchev–Trinajstić information content (AvgIpc) is 3.15. The predicted octanol–water partition coefficient (Wildman–Crippen LogP) is 2.30. The molecule has 1 fully saturated rings. The van der Waals surface area contributed by atoms with E-state index in [1.165, 1.54) is 16.9 Å². The fourth-order valence-electron chi connectivity index (χ4n) is 3.10. The summed E-state index contributed by atoms with van der Waals surface area (Å²) in [5, 5.41) is 16.0. The van der Waals surface area contributed by atoms with E-state index in [4.69, 9.17) is 5.11 Å². The van der Waals surface area contributed by atoms with Crippen molar-refractivity contribution in [3.8, 4) is 5.69 Å². The van der Waals surface area contributed by atoms with Crippen LogP contribution in [-0.4, -0.2) is 32.8 Å². The summed E-state index contributed by atoms with van der Waals surface area (Å²) in [4.78, 5) is 23.4. The van der Waals surface area contributed by atoms with Gasteiger partial charge in [-0.1, -0.05) is 12.1 Å². The number of carboxylic acids is 1. The van der Waals surface area contributed by atoms with Crippen LogP contribution in [0.4, 0.5) is 4.39 Å². The maximum absolute atomic E-state index is 13.9. The zero-order chi connectivity index (χ0) is 17.3. The van der Waals surface area contributed by atoms with Crippen molar-refractivity contribution in [1.82, 2.24) is 15.1 Å². The maximum Gasteiger partial charge on any atom is 0.306 e. The Morgan fingerprint density at radius 1 is 1.33 bits per heavy atom. The molecule has 0 aliphatic heterocycles. The molecule has 3 rings (SSSR count). The topological polar surface area (TPSA) is 84.2 Å². The molecule has 1 saturated carbocycles. The zero-order valence-corrected chi connectivity index (χ0v) is 13.2. The molecular formula is C17H18FN3O3. The number of carbonyl (C=O) groups is 2. The van der Waals surface area contributed by atoms with Crippen LogP contribution in [0, 0.1) is 18.7 Å². The highest BCUT2D eigenvalue weighted by Gasteiger charge is 2.31. The minimum absolute atomic E-state index is 0.158. The molecule has 0 radical (unpaired) electrons. The van der Waals surface area contributed by atoms with Crippen molar-refractivity contribution in [3.63, 3.8) is 0 Å². The highest BCUT2D eigenvalue weighted by molar-refractivity contribution is 5.95. The van der Waals surface area contributed by atoms with Crippen LogP contribution in [0.25, 0.3) is 5.69 Å². The number of rotatable bonds is 4. The summed E-state index contributed by atoms with van der Waals surface area (Å²) in [6.45, 7) is 1.70. The fraction of sp³-hybridized carbons (Fsp3) is 0.353. The van der Waals surface area contributed by atoms with E-state index in [0.717, 1.165) is 0 Å². The number of nitrogens with zero attached hydrogens (tertiary/aromatic N) is 2. The first-order valence-corrected chi connectivity index (χ1v) is 7.80. The van der Waals surface area contributed by atoms with E-state index in [0.29, 0.717) is 30.5 Å². The minimum atomic E-state index is -0.824. The Morgan fingerprint density at radius 2 is 2.08 bits per heavy atom. The molecule has 2 atom stereocenters. The van der Waals surface area contributed by atoms with Gasteiger partial charge in [0, 0.05) is 6.04 Å². The van der Waals surface area contributed by atoms with E-state index >= 15 is 0 Å². The Bertz CT molecular complexity index is 787. The van der Waals surface area contributed by atoms with Crippen molar-refractivity contribution in [2.24, 2.45) is 5.92 Å². The Hall–Kier alpha value is -2.70. The first kappa shape index (κ1) is 16.2. The van der Waals surface area contributed by atoms with Crippen molar-refractivity contribution >= 4 is 11.9 Å². The molecular weight excluding hydrogens is 313 g/mol. The lowest BCUT2D eigenvalue weighted by molar-refractivity contribution is -0.141. The molecule has 0 unspecified atom stereocenters. The Labute approximate surface area is 138 Å². The Kier molecular flexibility index (Phi) is 4.33. The van der Waals surface area contributed by atoms with Gasteiger partial charge in [0.25, 0.3) is 5.91 Å². The number of aliphatic carboxylic acids is 1. The molecule has 7 heteroatoms. The van der Waals surface area contributed by atoms with Gasteiger partial charge in [0.1, 0.15) is 11.5 Å². The number of para-hydroxylation sites is 1. The van der Waals surface area contributed by atoms with Crippen LogP contribution in [0.15, 0.2) is 30.5 Å². The lowest BCUT2D eigenvalue weighted by atomic mass is 10.1. The first-order chi connectivity index (χ1) is 11.5. The van der Waals surface area contributed by atoms with Crippen LogP contribution in [0.3, 0.4) is 0 Å². The third-order valence-electron chi connectivity index (χ3n) is 4.45. The van der Waals surface area contributed by atoms with Crippen LogP contribution < -0.4 is 5.32 Å². The molecule has 1 aliphatic rings. The second-order valence-electron chi connectivity index (χ2n) is 6.03. The van der Waals surface area contributed by atoms with Crippen molar-refractivity contribution in [2.75, 3.05) is 0 Å². The van der Waals surface area contributed by atoms with Gasteiger partial charge in [-0.2, -0.15) is 5.10 Å². The average molecular weight is 331 g/mol. The van der Waals surface area contributed by atoms with Crippen LogP contribution in [0.5, 0.6) is 0 Å². The lowest BCUT2D eigenvalue weighted by Crippen LogP contribution is -2.33. The van der Waals surface area contributed by atoms with E-state index in [1.54, 1.807) is 25.1 Å². The molecule has 0 bridgehead atoms. The molecule has 0 spiro atoms. The predicted molar refractivity (Wildman–Crippen MR) is 84.5 cm³/mol. The van der Waals surface area contributed by atoms with Gasteiger partial charge in [-0.25, -0.2) is 9.07 Å². The molecule has 2 aromatic rings. The van der Waals surface area contributed by atoms with Crippen LogP contribution in [-0.2, 0) is 4.79 Å². The quantitative estimate of drug-likeness (QED) is 0.900. The van der Waals surface area contributed by atoms with Crippen molar-refractivity contribution in [3.05, 3.63) is 47.5 Å². The van der Waals surface area contributed by atoms with E-state index in [2.05, 4.69) is 10.4 Å². The monoisotopic (exact) mass is 331 g/mol. The highest BCUT2D eigenvalue weighted by Crippen LogP contribution is 2.26. The number of aromatic nitrogens is 2. The molecule has 1 amide bonds. The van der Waals surface area contributed by atoms with E-state index in [1.807, 2.05) is 0 Å². The van der Waals surface area contributed by atoms with E-state index in [9.17, 15) is 14.0 Å². The summed E-state index contributed by atoms with van der Waals surface area (Å²) in [7, 11) is 0. The number of carbonyl (C=O) groups excluding carboxylic acids is 1. The number of carboxylic acid groups (broad SMARTS) is 1. The third kappa shape index (κ3) is 3.02. The van der Waals surface area contributed by atoms with Gasteiger partial charge in [0.2, 0.25) is 0 Å². The normalized spacial score (nSPS) is 20.1. The summed E-state index contributed by atoms with van der Waals surface area (Å²) >= 11 is 0. The number of nitrogens with one attached hydrogen (secondary N) is 1. The molecule has 1 heterocycles. The van der Waals surface area contributed by atoms with Crippen molar-refractivity contribution < 1.29 is 19.1 Å². The van der Waals surface area contributed by atoms with Crippen molar-refractivity contribution in [2.45, 2.75) is 32.2 Å². The Balaban J connectivity index is 1.75. The molecule has 2 N–H and O–H groups in total. The molecule has 6 nitrogen and oxygen atoms in total. The second kappa shape index (κ2) is 6.43. The maximum atomic E-state index is 13.9. The smallest absolute Gasteiger partial charge is 0.306 e. The summed E-state index contributed by atoms with van der Waals surface area (Å²) in [6, 6.07) is 6.05. The van der Waals surface area contributed by atoms with Gasteiger partial charge < -0.3 is 10.4 Å². The molecule has 126 valence electrons. The number of hydrogen-bond donors (Lipinski definition) is 2. The number of hydrogen-bond acceptors (Lipinski definition) is 3. The highest BCUT2D eigenvalue weighted by atomic mass is 19.1. The largest absolute Gasteiger partial charge is 0.481 e. The third-order valence-corrected chi connectivity index (χ3v) is 4.45. The number of benzene rings is 1. The molecule has 1 aliphatic carbocycles. The van der Waals surface area contributed by atoms with Crippen molar-refractivity contribution in [1.29, 1.82) is 0 Å². The standard InChI is InChI=1S/C17H18FN3O3/c1-10-13(9-19-21(10)15-5-3-2-4-14(15)18)16(22)20-12-7-6-11(8-12)17(23)24/h2-5,9,11-12H,6-8H2,1H3,(H,20,22)(H,23,24)/t11-,12-/m0/s1. The van der Waals surface area contributed by atoms with Gasteiger partial charge >= 0.3 is 5.97 Å². The van der Waals surface area contributed by atoms with Crippen LogP contribution >= 0.6 is 0 Å². The Morgan fingerprint density at radius 3 is 2.75 bits per heavy atom. The summed E-state index contributed by atoms with van der Waals surface area (Å²) < 4.78 is 15.3. The number of halogens is 1. The molecule has 0 saturated heterocycles. The molecule has 1 aromatic heterocycles. The summed E-state index contributed by atoms with van der Waals surface area (Å²) in [5.41, 5.74) is 1.17. The molecule has 1 aromatic carbocycles. The lowest BCUT2D eigenvalue weighted by Gasteiger charge is -2.12. The van der Waals surface area contributed by atoms with Gasteiger partial charge in [-0.05, 0) is 38.3 Å². The van der Waals surface area contributed by atoms with Gasteiger partial charge in [-0.15, -0.1) is 0 Å². The zero-order valence-electron chi connectivity index (χ0n) is 13.2. The fourth-order valence-corrected chi connectivity index (χ4v) is 3.10. The van der Waals surface area contributed by atoms with Gasteiger partial charge in [0.05, 0.1) is 23.4 Å². The van der Waals surface area contributed by atoms with Gasteiger partial charge in [-0.3, -0.25) is 9.59 Å². The van der Waals surface area contributed by atoms with E-state index in [-0.39, 0.29) is 17.6 Å². The van der Waals surface area contributed by atoms with Crippen LogP contribution in [0.2, 0.25) is 0 Å². The summed E-state index contributed by atoms with van der Waals surface area (Å²) in [5.74, 6) is -1.96. The second-order valence-corrected chi connectivity index (χ2v) is 6.03. The number of amides is 1.